The molecule has 11 fully saturated rings. The van der Waals surface area contributed by atoms with Crippen molar-refractivity contribution in [3.8, 4) is 28.7 Å². The predicted molar refractivity (Wildman–Crippen MR) is 644 cm³/mol. The summed E-state index contributed by atoms with van der Waals surface area (Å²) in [6, 6.07) is 97.5. The molecule has 8 nitrogen and oxygen atoms in total. The third-order valence-electron chi connectivity index (χ3n) is 33.5. The van der Waals surface area contributed by atoms with E-state index in [4.69, 9.17) is 28.4 Å². The van der Waals surface area contributed by atoms with Gasteiger partial charge in [0.05, 0.1) is 50.0 Å². The van der Waals surface area contributed by atoms with Crippen LogP contribution >= 0.6 is 0 Å². The Balaban J connectivity index is 0.000000110. The molecule has 5 saturated heterocycles. The fourth-order valence-corrected chi connectivity index (χ4v) is 39.3. The molecule has 786 valence electrons. The zero-order valence-electron chi connectivity index (χ0n) is 89.9. The summed E-state index contributed by atoms with van der Waals surface area (Å²) in [6.07, 6.45) is 53.3. The topological polar surface area (TPSA) is 89.5 Å². The average molecular weight is 2120 g/mol. The fourth-order valence-electron chi connectivity index (χ4n) is 24.7. The van der Waals surface area contributed by atoms with Crippen molar-refractivity contribution in [1.82, 2.24) is 0 Å². The monoisotopic (exact) mass is 2120 g/mol. The van der Waals surface area contributed by atoms with Gasteiger partial charge in [0, 0.05) is 116 Å². The molecule has 14 aromatic rings. The van der Waals surface area contributed by atoms with Gasteiger partial charge in [-0.2, -0.15) is 0 Å². The molecule has 14 aromatic carbocycles. The van der Waals surface area contributed by atoms with Crippen LogP contribution in [0.5, 0.6) is 28.7 Å². The van der Waals surface area contributed by atoms with Gasteiger partial charge < -0.3 is 28.4 Å². The van der Waals surface area contributed by atoms with Crippen molar-refractivity contribution in [2.24, 2.45) is 29.6 Å². The van der Waals surface area contributed by atoms with Crippen LogP contribution < -0.4 is 23.7 Å². The number of rotatable bonds is 26. The molecule has 11 aliphatic rings. The number of hydrogen-bond acceptors (Lipinski definition) is 8. The van der Waals surface area contributed by atoms with Crippen molar-refractivity contribution >= 4 is 142 Å². The minimum atomic E-state index is -0.288. The highest BCUT2D eigenvalue weighted by Gasteiger charge is 2.40. The number of ether oxygens (including phenoxy) is 6. The van der Waals surface area contributed by atoms with Gasteiger partial charge in [-0.15, -0.1) is 0 Å². The molecule has 5 aliphatic heterocycles. The lowest BCUT2D eigenvalue weighted by Gasteiger charge is -2.24. The first-order valence-corrected chi connectivity index (χ1v) is 67.3. The number of ketones is 1. The van der Waals surface area contributed by atoms with Gasteiger partial charge in [-0.3, -0.25) is 4.79 Å². The van der Waals surface area contributed by atoms with E-state index in [0.29, 0.717) is 79.8 Å². The largest absolute Gasteiger partial charge is 0.493 e. The smallest absolute Gasteiger partial charge is 0.341 e. The van der Waals surface area contributed by atoms with Gasteiger partial charge in [0.15, 0.2) is 45.8 Å². The van der Waals surface area contributed by atoms with Crippen molar-refractivity contribution in [2.75, 3.05) is 84.5 Å². The zero-order valence-corrected chi connectivity index (χ0v) is 94.8. The van der Waals surface area contributed by atoms with E-state index in [1.54, 1.807) is 22.3 Å². The average Bonchev–Trinajstić information content (AvgIpc) is 1.31. The van der Waals surface area contributed by atoms with E-state index in [1.165, 1.54) is 409 Å². The number of fused-ring (bicyclic) bond motifs is 6. The summed E-state index contributed by atoms with van der Waals surface area (Å²) < 4.78 is 36.8. The molecule has 0 radical (unpaired) electrons. The van der Waals surface area contributed by atoms with Gasteiger partial charge in [0.25, 0.3) is 0 Å². The standard InChI is InChI=1S/C33H31OS.C23H29O3S.C23H29O2S.C21H27OS.C19H23OS.C17H25S/c1-2-8-25(9-3-1)24-34-30-16-20-31(21-17-30)35(32-18-14-26-10-4-6-12-28(26)22-32)33-19-15-27-11-5-7-13-29(27)23-33;1-25-23(24)20-15-21(27-13-7-8-14-27)18-11-5-6-12-19(18)22(20)26-16-17-9-3-2-4-10-17;1-17(24)18-10-11-20-21(16-18)23(26-14-6-3-7-15-26)13-12-22(20)25-19-8-4-2-5-9-19;1-2-8-17(9-3-1)16-22-20-12-13-21(23-14-6-7-15-23)19-11-5-4-10-18(19)20;1-14(15-8-9-15)20-18-11-10-16-6-2-3-7-17(16)19(18)21-12-4-5-13-21;1-2-6-15(7-3-1)14-16-8-10-17(11-9-16)18-12-4-5-13-18/h4-7,10-23,25H,1-3,8-9,24H2;5-6,11-12,15,17H,2-4,7-10,13-14,16H2,1H3;10-13,16,19H,2-9,14-15H2,1H3;4-5,10-13,17H,1-3,6-9,14-16H2;2-3,6-7,10-11,14-15H,4-5,8-9,12-13H2,1H3;8-11,15H,1-7,12-14H2/q6*+1. The van der Waals surface area contributed by atoms with Crippen LogP contribution in [0.4, 0.5) is 0 Å². The second-order valence-electron chi connectivity index (χ2n) is 44.4. The molecule has 1 unspecified atom stereocenters. The Hall–Kier alpha value is -9.12. The Morgan fingerprint density at radius 2 is 0.740 bits per heavy atom. The van der Waals surface area contributed by atoms with Crippen LogP contribution in [0.1, 0.15) is 284 Å². The van der Waals surface area contributed by atoms with E-state index in [1.807, 2.05) is 12.1 Å². The van der Waals surface area contributed by atoms with E-state index in [2.05, 4.69) is 262 Å². The molecule has 5 heterocycles. The predicted octanol–water partition coefficient (Wildman–Crippen LogP) is 35.3. The van der Waals surface area contributed by atoms with Crippen LogP contribution in [0, 0.1) is 29.6 Å². The van der Waals surface area contributed by atoms with E-state index >= 15 is 0 Å². The number of Topliss-reactive ketones (excluding diaryl/α,β-unsaturated/α-hetero) is 1. The van der Waals surface area contributed by atoms with Crippen molar-refractivity contribution < 1.29 is 38.0 Å². The maximum atomic E-state index is 12.6. The molecular formula is C136H164O8S6+6. The maximum Gasteiger partial charge on any atom is 0.341 e. The lowest BCUT2D eigenvalue weighted by atomic mass is 9.85. The van der Waals surface area contributed by atoms with Crippen LogP contribution in [-0.2, 0) is 76.5 Å². The van der Waals surface area contributed by atoms with Crippen LogP contribution in [0.25, 0.3) is 64.6 Å². The first-order chi connectivity index (χ1) is 74.0. The lowest BCUT2D eigenvalue weighted by Crippen LogP contribution is -2.20. The van der Waals surface area contributed by atoms with Crippen molar-refractivity contribution in [2.45, 2.75) is 316 Å². The Kier molecular flexibility index (Phi) is 39.4. The summed E-state index contributed by atoms with van der Waals surface area (Å²) in [5.74, 6) is 22.1. The van der Waals surface area contributed by atoms with Gasteiger partial charge in [-0.05, 0) is 351 Å². The summed E-state index contributed by atoms with van der Waals surface area (Å²) in [6.45, 7) is 6.34. The van der Waals surface area contributed by atoms with Crippen LogP contribution in [0.3, 0.4) is 0 Å². The zero-order chi connectivity index (χ0) is 102. The number of carbonyl (C=O) groups is 2. The molecule has 0 amide bonds. The second-order valence-corrected chi connectivity index (χ2v) is 57.6. The summed E-state index contributed by atoms with van der Waals surface area (Å²) in [5, 5.41) is 15.4. The van der Waals surface area contributed by atoms with Crippen LogP contribution in [-0.4, -0.2) is 108 Å². The number of esters is 1. The van der Waals surface area contributed by atoms with Crippen LogP contribution in [0.15, 0.2) is 306 Å². The number of methoxy groups -OCH3 is 1. The van der Waals surface area contributed by atoms with Crippen LogP contribution in [0.2, 0.25) is 0 Å². The molecule has 0 aromatic heterocycles. The first-order valence-electron chi connectivity index (χ1n) is 58.2. The number of carbonyl (C=O) groups excluding carboxylic acids is 2. The summed E-state index contributed by atoms with van der Waals surface area (Å²) >= 11 is 0. The van der Waals surface area contributed by atoms with Gasteiger partial charge in [-0.1, -0.05) is 224 Å². The molecule has 6 aliphatic carbocycles. The molecule has 14 heteroatoms. The van der Waals surface area contributed by atoms with Crippen molar-refractivity contribution in [1.29, 1.82) is 0 Å². The molecule has 0 spiro atoms. The molecular weight excluding hydrogens is 1950 g/mol. The molecule has 25 rings (SSSR count). The second kappa shape index (κ2) is 54.8. The van der Waals surface area contributed by atoms with Gasteiger partial charge >= 0.3 is 5.97 Å². The molecule has 0 bridgehead atoms. The van der Waals surface area contributed by atoms with E-state index in [0.717, 1.165) is 64.9 Å². The first kappa shape index (κ1) is 108. The Bertz CT molecular complexity index is 6620. The minimum absolute atomic E-state index is 0.142. The SMILES string of the molecule is CC(=O)c1ccc2c(OC3CCCCC3)ccc([S+]3CCCCC3)c2c1.CC(Oc1ccc2ccccc2c1[S+]1CCCC1)C1CC1.COC(=O)c1cc([S+]2CCCC2)c2ccccc2c1OCC1CCCCC1.c1cc([S+]2CCCC2)ccc1CC1CCCCC1.c1ccc2c([S+]3CCCC3)ccc(OCC3CCCCC3)c2c1.c1ccc2cc([S+](c3ccc(OCC4CCCCC4)cc3)c3ccc4ccccc4c3)ccc2c1. The summed E-state index contributed by atoms with van der Waals surface area (Å²) in [4.78, 5) is 36.0. The molecule has 1 atom stereocenters. The van der Waals surface area contributed by atoms with Crippen molar-refractivity contribution in [3.05, 3.63) is 284 Å². The normalized spacial score (nSPS) is 18.9. The highest BCUT2D eigenvalue weighted by molar-refractivity contribution is 7.98. The summed E-state index contributed by atoms with van der Waals surface area (Å²) in [5.41, 5.74) is 2.99. The van der Waals surface area contributed by atoms with E-state index in [9.17, 15) is 9.59 Å². The lowest BCUT2D eigenvalue weighted by molar-refractivity contribution is 0.0594. The Morgan fingerprint density at radius 1 is 0.320 bits per heavy atom. The quantitative estimate of drug-likeness (QED) is 0.0301. The van der Waals surface area contributed by atoms with Gasteiger partial charge in [-0.25, -0.2) is 4.79 Å². The van der Waals surface area contributed by atoms with Gasteiger partial charge in [0.1, 0.15) is 86.1 Å². The van der Waals surface area contributed by atoms with E-state index < -0.39 is 0 Å². The Morgan fingerprint density at radius 3 is 1.29 bits per heavy atom. The number of hydrogen-bond donors (Lipinski definition) is 0. The fraction of sp³-hybridized carbons (Fsp3) is 0.456. The maximum absolute atomic E-state index is 12.6. The highest BCUT2D eigenvalue weighted by atomic mass is 32.2. The molecule has 0 N–H and O–H groups in total. The molecule has 6 saturated carbocycles. The highest BCUT2D eigenvalue weighted by Crippen LogP contribution is 2.47. The summed E-state index contributed by atoms with van der Waals surface area (Å²) in [7, 11) is 3.25. The van der Waals surface area contributed by atoms with Gasteiger partial charge in [0.2, 0.25) is 4.90 Å². The Labute approximate surface area is 914 Å². The number of benzene rings is 14. The third kappa shape index (κ3) is 28.6. The van der Waals surface area contributed by atoms with Crippen molar-refractivity contribution in [3.63, 3.8) is 0 Å². The van der Waals surface area contributed by atoms with E-state index in [-0.39, 0.29) is 33.5 Å². The third-order valence-corrected chi connectivity index (χ3v) is 48.4. The molecule has 150 heavy (non-hydrogen) atoms. The minimum Gasteiger partial charge on any atom is -0.493 e.